The molecular formula is C15H30N2O. The summed E-state index contributed by atoms with van der Waals surface area (Å²) in [6.45, 7) is 7.20. The SMILES string of the molecule is CCOC(CC)(CC)C(NN)C1=CCCCCC1. The summed E-state index contributed by atoms with van der Waals surface area (Å²) in [5, 5.41) is 0. The lowest BCUT2D eigenvalue weighted by molar-refractivity contribution is -0.0643. The number of nitrogens with one attached hydrogen (secondary N) is 1. The number of allylic oxidation sites excluding steroid dienone is 1. The Bertz CT molecular complexity index is 259. The zero-order valence-corrected chi connectivity index (χ0v) is 12.3. The van der Waals surface area contributed by atoms with E-state index in [-0.39, 0.29) is 11.6 Å². The van der Waals surface area contributed by atoms with Gasteiger partial charge in [0.15, 0.2) is 0 Å². The van der Waals surface area contributed by atoms with E-state index in [1.165, 1.54) is 31.3 Å². The third-order valence-corrected chi connectivity index (χ3v) is 4.27. The van der Waals surface area contributed by atoms with Gasteiger partial charge < -0.3 is 4.74 Å². The Morgan fingerprint density at radius 3 is 2.56 bits per heavy atom. The monoisotopic (exact) mass is 254 g/mol. The molecule has 0 heterocycles. The van der Waals surface area contributed by atoms with E-state index in [2.05, 4.69) is 32.3 Å². The Balaban J connectivity index is 2.92. The van der Waals surface area contributed by atoms with Crippen molar-refractivity contribution in [3.8, 4) is 0 Å². The van der Waals surface area contributed by atoms with Gasteiger partial charge in [-0.25, -0.2) is 0 Å². The van der Waals surface area contributed by atoms with Gasteiger partial charge in [-0.2, -0.15) is 0 Å². The second kappa shape index (κ2) is 7.93. The van der Waals surface area contributed by atoms with Crippen LogP contribution in [0.4, 0.5) is 0 Å². The smallest absolute Gasteiger partial charge is 0.0880 e. The maximum Gasteiger partial charge on any atom is 0.0880 e. The van der Waals surface area contributed by atoms with Crippen LogP contribution in [0.25, 0.3) is 0 Å². The molecule has 3 N–H and O–H groups in total. The Labute approximate surface area is 112 Å². The van der Waals surface area contributed by atoms with Crippen molar-refractivity contribution in [3.05, 3.63) is 11.6 Å². The highest BCUT2D eigenvalue weighted by atomic mass is 16.5. The topological polar surface area (TPSA) is 47.3 Å². The van der Waals surface area contributed by atoms with Crippen molar-refractivity contribution >= 4 is 0 Å². The molecule has 0 aliphatic heterocycles. The number of rotatable bonds is 7. The highest BCUT2D eigenvalue weighted by molar-refractivity contribution is 5.18. The van der Waals surface area contributed by atoms with Gasteiger partial charge in [-0.05, 0) is 45.4 Å². The molecule has 0 radical (unpaired) electrons. The Morgan fingerprint density at radius 2 is 2.00 bits per heavy atom. The fourth-order valence-corrected chi connectivity index (χ4v) is 3.13. The lowest BCUT2D eigenvalue weighted by Crippen LogP contribution is -2.55. The van der Waals surface area contributed by atoms with Crippen molar-refractivity contribution in [3.63, 3.8) is 0 Å². The lowest BCUT2D eigenvalue weighted by Gasteiger charge is -2.40. The zero-order valence-electron chi connectivity index (χ0n) is 12.3. The standard InChI is InChI=1S/C15H30N2O/c1-4-15(5-2,18-6-3)14(17-16)13-11-9-7-8-10-12-13/h11,14,17H,4-10,12,16H2,1-3H3. The Hall–Kier alpha value is -0.380. The minimum Gasteiger partial charge on any atom is -0.373 e. The number of hydrogen-bond donors (Lipinski definition) is 2. The van der Waals surface area contributed by atoms with Gasteiger partial charge in [0.1, 0.15) is 0 Å². The van der Waals surface area contributed by atoms with Crippen LogP contribution in [0.5, 0.6) is 0 Å². The van der Waals surface area contributed by atoms with E-state index < -0.39 is 0 Å². The van der Waals surface area contributed by atoms with Crippen molar-refractivity contribution in [2.45, 2.75) is 77.4 Å². The molecule has 3 heteroatoms. The lowest BCUT2D eigenvalue weighted by atomic mass is 9.82. The molecule has 0 bridgehead atoms. The van der Waals surface area contributed by atoms with Crippen LogP contribution in [0.3, 0.4) is 0 Å². The maximum absolute atomic E-state index is 6.09. The normalized spacial score (nSPS) is 19.2. The van der Waals surface area contributed by atoms with Crippen molar-refractivity contribution in [1.29, 1.82) is 0 Å². The van der Waals surface area contributed by atoms with Crippen molar-refractivity contribution in [2.75, 3.05) is 6.61 Å². The molecule has 106 valence electrons. The average Bonchev–Trinajstić information content (AvgIpc) is 2.67. The van der Waals surface area contributed by atoms with Gasteiger partial charge >= 0.3 is 0 Å². The molecule has 3 nitrogen and oxygen atoms in total. The van der Waals surface area contributed by atoms with Crippen LogP contribution in [-0.2, 0) is 4.74 Å². The van der Waals surface area contributed by atoms with Gasteiger partial charge in [0, 0.05) is 6.61 Å². The molecule has 1 unspecified atom stereocenters. The van der Waals surface area contributed by atoms with Gasteiger partial charge in [0.2, 0.25) is 0 Å². The number of hydrazine groups is 1. The molecule has 1 rings (SSSR count). The van der Waals surface area contributed by atoms with Crippen molar-refractivity contribution < 1.29 is 4.74 Å². The highest BCUT2D eigenvalue weighted by Gasteiger charge is 2.37. The first-order valence-electron chi connectivity index (χ1n) is 7.53. The quantitative estimate of drug-likeness (QED) is 0.416. The van der Waals surface area contributed by atoms with E-state index >= 15 is 0 Å². The molecule has 0 aromatic rings. The summed E-state index contributed by atoms with van der Waals surface area (Å²) in [4.78, 5) is 0. The van der Waals surface area contributed by atoms with Gasteiger partial charge in [-0.15, -0.1) is 0 Å². The molecule has 0 fully saturated rings. The van der Waals surface area contributed by atoms with E-state index in [1.54, 1.807) is 0 Å². The minimum absolute atomic E-state index is 0.153. The van der Waals surface area contributed by atoms with Gasteiger partial charge in [0.05, 0.1) is 11.6 Å². The fourth-order valence-electron chi connectivity index (χ4n) is 3.13. The predicted molar refractivity (Wildman–Crippen MR) is 77.2 cm³/mol. The van der Waals surface area contributed by atoms with E-state index in [9.17, 15) is 0 Å². The summed E-state index contributed by atoms with van der Waals surface area (Å²) in [6, 6.07) is 0.158. The van der Waals surface area contributed by atoms with Gasteiger partial charge in [0.25, 0.3) is 0 Å². The van der Waals surface area contributed by atoms with Crippen LogP contribution in [0, 0.1) is 0 Å². The zero-order chi connectivity index (χ0) is 13.4. The molecule has 1 aliphatic rings. The minimum atomic E-state index is -0.153. The first-order chi connectivity index (χ1) is 8.74. The summed E-state index contributed by atoms with van der Waals surface area (Å²) < 4.78 is 6.09. The second-order valence-corrected chi connectivity index (χ2v) is 5.18. The number of ether oxygens (including phenoxy) is 1. The fraction of sp³-hybridized carbons (Fsp3) is 0.867. The van der Waals surface area contributed by atoms with Crippen molar-refractivity contribution in [1.82, 2.24) is 5.43 Å². The maximum atomic E-state index is 6.09. The molecule has 0 saturated heterocycles. The Kier molecular flexibility index (Phi) is 6.90. The molecule has 0 saturated carbocycles. The summed E-state index contributed by atoms with van der Waals surface area (Å²) in [5.74, 6) is 5.85. The first kappa shape index (κ1) is 15.7. The summed E-state index contributed by atoms with van der Waals surface area (Å²) in [5.41, 5.74) is 4.33. The molecule has 0 aromatic carbocycles. The van der Waals surface area contributed by atoms with E-state index in [4.69, 9.17) is 10.6 Å². The third kappa shape index (κ3) is 3.56. The van der Waals surface area contributed by atoms with E-state index in [0.29, 0.717) is 0 Å². The van der Waals surface area contributed by atoms with Crippen LogP contribution in [-0.4, -0.2) is 18.2 Å². The van der Waals surface area contributed by atoms with Crippen LogP contribution < -0.4 is 11.3 Å². The van der Waals surface area contributed by atoms with E-state index in [0.717, 1.165) is 25.9 Å². The van der Waals surface area contributed by atoms with Gasteiger partial charge in [-0.3, -0.25) is 11.3 Å². The molecular weight excluding hydrogens is 224 g/mol. The summed E-state index contributed by atoms with van der Waals surface area (Å²) in [7, 11) is 0. The molecule has 0 spiro atoms. The summed E-state index contributed by atoms with van der Waals surface area (Å²) >= 11 is 0. The molecule has 1 aliphatic carbocycles. The average molecular weight is 254 g/mol. The van der Waals surface area contributed by atoms with Crippen LogP contribution >= 0.6 is 0 Å². The Morgan fingerprint density at radius 1 is 1.28 bits per heavy atom. The van der Waals surface area contributed by atoms with E-state index in [1.807, 2.05) is 0 Å². The van der Waals surface area contributed by atoms with Crippen molar-refractivity contribution in [2.24, 2.45) is 5.84 Å². The number of nitrogens with two attached hydrogens (primary N) is 1. The highest BCUT2D eigenvalue weighted by Crippen LogP contribution is 2.32. The molecule has 1 atom stereocenters. The second-order valence-electron chi connectivity index (χ2n) is 5.18. The summed E-state index contributed by atoms with van der Waals surface area (Å²) in [6.07, 6.45) is 10.6. The molecule has 18 heavy (non-hydrogen) atoms. The first-order valence-corrected chi connectivity index (χ1v) is 7.53. The van der Waals surface area contributed by atoms with Gasteiger partial charge in [-0.1, -0.05) is 31.9 Å². The largest absolute Gasteiger partial charge is 0.373 e. The number of hydrogen-bond acceptors (Lipinski definition) is 3. The molecule has 0 amide bonds. The van der Waals surface area contributed by atoms with Crippen LogP contribution in [0.1, 0.15) is 65.7 Å². The predicted octanol–water partition coefficient (Wildman–Crippen LogP) is 3.30. The van der Waals surface area contributed by atoms with Crippen LogP contribution in [0.2, 0.25) is 0 Å². The molecule has 0 aromatic heterocycles. The van der Waals surface area contributed by atoms with Crippen LogP contribution in [0.15, 0.2) is 11.6 Å². The third-order valence-electron chi connectivity index (χ3n) is 4.27.